The van der Waals surface area contributed by atoms with Crippen molar-refractivity contribution in [1.82, 2.24) is 4.58 Å². The maximum atomic E-state index is 12.8. The standard InChI is InChI=1S/C44H48N4O11/c1-28-7-12-35-40(19-28)56-17-18-57-41-22-34(44-32-10-8-29(45(2)3)20-38(32)59-39-21-30(46(4)5)9-11-33(39)44)37(58-27-42(51)52)23-36(41)47(24-31(50)26-49)13-15-55-16-14-48(35)25-43(53)54-6/h7-12,19-23,26H,13-18,24-25,27H2,1-6H3/p+1. The van der Waals surface area contributed by atoms with E-state index in [9.17, 15) is 24.3 Å². The summed E-state index contributed by atoms with van der Waals surface area (Å²) in [5.41, 5.74) is 5.39. The zero-order chi connectivity index (χ0) is 42.2. The lowest BCUT2D eigenvalue weighted by Crippen LogP contribution is -2.36. The normalized spacial score (nSPS) is 13.5. The molecule has 0 saturated carbocycles. The molecule has 1 N–H and O–H groups in total. The number of ketones is 1. The van der Waals surface area contributed by atoms with Crippen molar-refractivity contribution in [2.24, 2.45) is 0 Å². The molecule has 2 heterocycles. The third kappa shape index (κ3) is 9.92. The van der Waals surface area contributed by atoms with Gasteiger partial charge in [-0.15, -0.1) is 0 Å². The summed E-state index contributed by atoms with van der Waals surface area (Å²) in [5, 5.41) is 11.4. The third-order valence-corrected chi connectivity index (χ3v) is 9.84. The number of carboxylic acid groups (broad SMARTS) is 1. The summed E-state index contributed by atoms with van der Waals surface area (Å²) in [7, 11) is 9.07. The maximum Gasteiger partial charge on any atom is 0.341 e. The largest absolute Gasteiger partial charge is 0.488 e. The van der Waals surface area contributed by atoms with E-state index < -0.39 is 24.3 Å². The minimum absolute atomic E-state index is 0.0299. The number of aryl methyl sites for hydroxylation is 1. The first-order valence-electron chi connectivity index (χ1n) is 19.1. The smallest absolute Gasteiger partial charge is 0.341 e. The van der Waals surface area contributed by atoms with Gasteiger partial charge in [0.15, 0.2) is 12.9 Å². The van der Waals surface area contributed by atoms with Crippen molar-refractivity contribution in [2.45, 2.75) is 6.92 Å². The zero-order valence-corrected chi connectivity index (χ0v) is 34.1. The van der Waals surface area contributed by atoms with Gasteiger partial charge < -0.3 is 47.9 Å². The van der Waals surface area contributed by atoms with Crippen LogP contribution in [0.3, 0.4) is 0 Å². The molecule has 2 aliphatic heterocycles. The molecule has 0 amide bonds. The van der Waals surface area contributed by atoms with Crippen molar-refractivity contribution in [3.8, 4) is 39.7 Å². The molecule has 15 heteroatoms. The molecule has 310 valence electrons. The Morgan fingerprint density at radius 1 is 0.847 bits per heavy atom. The number of aliphatic carboxylic acids is 1. The number of fused-ring (bicyclic) bond motifs is 4. The molecule has 0 spiro atoms. The first kappa shape index (κ1) is 42.0. The van der Waals surface area contributed by atoms with Crippen LogP contribution >= 0.6 is 0 Å². The Hall–Kier alpha value is -6.61. The monoisotopic (exact) mass is 809 g/mol. The van der Waals surface area contributed by atoms with Crippen LogP contribution in [-0.4, -0.2) is 124 Å². The van der Waals surface area contributed by atoms with Crippen LogP contribution in [0.2, 0.25) is 0 Å². The van der Waals surface area contributed by atoms with Gasteiger partial charge in [-0.05, 0) is 48.9 Å². The summed E-state index contributed by atoms with van der Waals surface area (Å²) in [6.45, 7) is 1.75. The fraction of sp³-hybridized carbons (Fsp3) is 0.341. The van der Waals surface area contributed by atoms with Crippen LogP contribution in [-0.2, 0) is 28.7 Å². The Kier molecular flexibility index (Phi) is 13.4. The van der Waals surface area contributed by atoms with Gasteiger partial charge in [0, 0.05) is 73.1 Å². The van der Waals surface area contributed by atoms with Crippen LogP contribution in [0.5, 0.6) is 17.2 Å². The molecule has 3 aromatic rings. The number of Topliss-reactive ketones (excluding diaryl/α,β-unsaturated/α-hetero) is 1. The fourth-order valence-corrected chi connectivity index (χ4v) is 6.85. The number of nitrogens with zero attached hydrogens (tertiary/aromatic N) is 4. The number of ether oxygens (including phenoxy) is 5. The molecule has 0 radical (unpaired) electrons. The van der Waals surface area contributed by atoms with E-state index >= 15 is 0 Å². The lowest BCUT2D eigenvalue weighted by atomic mass is 9.92. The van der Waals surface area contributed by atoms with Crippen LogP contribution in [0.4, 0.5) is 17.1 Å². The molecule has 15 nitrogen and oxygen atoms in total. The molecule has 6 rings (SSSR count). The third-order valence-electron chi connectivity index (χ3n) is 9.84. The molecule has 59 heavy (non-hydrogen) atoms. The molecule has 0 unspecified atom stereocenters. The van der Waals surface area contributed by atoms with Crippen LogP contribution in [0, 0.1) is 6.92 Å². The summed E-state index contributed by atoms with van der Waals surface area (Å²) in [5.74, 6) is -0.708. The van der Waals surface area contributed by atoms with Gasteiger partial charge in [-0.3, -0.25) is 14.4 Å². The highest BCUT2D eigenvalue weighted by atomic mass is 16.5. The minimum Gasteiger partial charge on any atom is -0.488 e. The number of hydrogen-bond acceptors (Lipinski definition) is 13. The number of methoxy groups -OCH3 is 1. The number of carbonyl (C=O) groups is 4. The summed E-state index contributed by atoms with van der Waals surface area (Å²) in [4.78, 5) is 54.4. The van der Waals surface area contributed by atoms with Gasteiger partial charge >= 0.3 is 11.9 Å². The van der Waals surface area contributed by atoms with E-state index in [0.717, 1.165) is 27.6 Å². The molecule has 0 fully saturated rings. The average molecular weight is 810 g/mol. The Morgan fingerprint density at radius 3 is 2.22 bits per heavy atom. The Bertz CT molecular complexity index is 2400. The lowest BCUT2D eigenvalue weighted by Gasteiger charge is -2.28. The SMILES string of the molecule is COC(=O)CN1CCOCCN(CC(=O)C=O)c2cc(OCC(=O)O)c(-c3c4ccc(=[N+](C)C)cc-4oc4cc(N(C)C)ccc34)cc2OCCOc2cc(C)ccc21. The molecule has 0 atom stereocenters. The van der Waals surface area contributed by atoms with Crippen LogP contribution in [0.25, 0.3) is 33.4 Å². The summed E-state index contributed by atoms with van der Waals surface area (Å²) in [6.07, 6.45) is 0.251. The molecular formula is C44H49N4O11+. The number of benzene rings is 4. The Labute approximate surface area is 341 Å². The summed E-state index contributed by atoms with van der Waals surface area (Å²) in [6, 6.07) is 20.8. The highest BCUT2D eigenvalue weighted by Gasteiger charge is 2.27. The second-order valence-corrected chi connectivity index (χ2v) is 14.4. The van der Waals surface area contributed by atoms with E-state index in [1.165, 1.54) is 7.11 Å². The van der Waals surface area contributed by atoms with Crippen molar-refractivity contribution in [3.05, 3.63) is 77.7 Å². The summed E-state index contributed by atoms with van der Waals surface area (Å²) >= 11 is 0. The van der Waals surface area contributed by atoms with Gasteiger partial charge in [0.05, 0.1) is 44.3 Å². The fourth-order valence-electron chi connectivity index (χ4n) is 6.85. The van der Waals surface area contributed by atoms with Crippen molar-refractivity contribution >= 4 is 52.0 Å². The average Bonchev–Trinajstić information content (AvgIpc) is 3.22. The first-order valence-corrected chi connectivity index (χ1v) is 19.1. The van der Waals surface area contributed by atoms with E-state index in [2.05, 4.69) is 0 Å². The molecule has 3 aliphatic rings. The second-order valence-electron chi connectivity index (χ2n) is 14.4. The van der Waals surface area contributed by atoms with Gasteiger partial charge in [0.1, 0.15) is 62.4 Å². The van der Waals surface area contributed by atoms with E-state index in [1.54, 1.807) is 17.0 Å². The quantitative estimate of drug-likeness (QED) is 0.0706. The predicted octanol–water partition coefficient (Wildman–Crippen LogP) is 4.12. The van der Waals surface area contributed by atoms with Crippen molar-refractivity contribution in [3.63, 3.8) is 0 Å². The predicted molar refractivity (Wildman–Crippen MR) is 223 cm³/mol. The molecular weight excluding hydrogens is 761 g/mol. The number of aldehydes is 1. The number of esters is 1. The van der Waals surface area contributed by atoms with Crippen molar-refractivity contribution in [1.29, 1.82) is 0 Å². The Morgan fingerprint density at radius 2 is 1.56 bits per heavy atom. The molecule has 0 aromatic heterocycles. The van der Waals surface area contributed by atoms with Gasteiger partial charge in [0.2, 0.25) is 11.1 Å². The van der Waals surface area contributed by atoms with E-state index in [1.807, 2.05) is 104 Å². The van der Waals surface area contributed by atoms with Gasteiger partial charge in [0.25, 0.3) is 0 Å². The second kappa shape index (κ2) is 18.8. The highest BCUT2D eigenvalue weighted by Crippen LogP contribution is 2.48. The van der Waals surface area contributed by atoms with Gasteiger partial charge in [-0.2, -0.15) is 0 Å². The van der Waals surface area contributed by atoms with Crippen LogP contribution < -0.4 is 38.8 Å². The van der Waals surface area contributed by atoms with Crippen LogP contribution in [0.15, 0.2) is 71.1 Å². The van der Waals surface area contributed by atoms with Crippen molar-refractivity contribution < 1.29 is 52.4 Å². The minimum atomic E-state index is -1.19. The van der Waals surface area contributed by atoms with Gasteiger partial charge in [-0.1, -0.05) is 6.07 Å². The molecule has 0 saturated heterocycles. The topological polar surface area (TPSA) is 161 Å². The van der Waals surface area contributed by atoms with Gasteiger partial charge in [-0.25, -0.2) is 9.37 Å². The number of carboxylic acids is 1. The Balaban J connectivity index is 1.55. The van der Waals surface area contributed by atoms with Crippen LogP contribution in [0.1, 0.15) is 5.56 Å². The lowest BCUT2D eigenvalue weighted by molar-refractivity contribution is -0.140. The number of anilines is 3. The van der Waals surface area contributed by atoms with E-state index in [-0.39, 0.29) is 58.1 Å². The maximum absolute atomic E-state index is 12.8. The zero-order valence-electron chi connectivity index (χ0n) is 34.1. The first-order chi connectivity index (χ1) is 28.4. The number of carbonyl (C=O) groups excluding carboxylic acids is 3. The summed E-state index contributed by atoms with van der Waals surface area (Å²) < 4.78 is 38.5. The number of hydrogen-bond donors (Lipinski definition) is 1. The molecule has 3 aromatic carbocycles. The number of rotatable bonds is 10. The van der Waals surface area contributed by atoms with Crippen molar-refractivity contribution in [2.75, 3.05) is 109 Å². The molecule has 0 bridgehead atoms. The molecule has 1 aliphatic carbocycles. The van der Waals surface area contributed by atoms with E-state index in [0.29, 0.717) is 51.9 Å². The highest BCUT2D eigenvalue weighted by molar-refractivity contribution is 6.26. The van der Waals surface area contributed by atoms with E-state index in [4.69, 9.17) is 28.1 Å².